The minimum atomic E-state index is -0.598. The molecule has 1 saturated carbocycles. The Morgan fingerprint density at radius 3 is 0.992 bits per heavy atom. The van der Waals surface area contributed by atoms with Crippen molar-refractivity contribution in [2.45, 2.75) is 139 Å². The molecule has 0 bridgehead atoms. The standard InChI is InChI=1S/C37H43ClN4O3.C37H41ClN4O2.C35H41ClN4O3/c38-31-19-16-27(17-20-31)18-21-35(43)39-24-32-22-23-42(26-33(28-10-4-1-5-11-28)29-12-6-2-7-13-29)37(45)34(41-32)25-40-36(44)30-14-8-3-9-15-30;1-27-13-14-28(2)42(27)24-22-35-37(44)41(26-34(30-9-5-3-6-10-30)31-11-7-4-8-12-31)23-21-33(40-35)25-39-36(43)20-17-29-15-18-32(38)19-16-29;36-30-14-11-27(12-15-30)13-16-34(41)37-25-31-17-20-40(35(42)33(38-31)18-19-39-21-23-43-24-22-39)26-32(28-7-3-1-4-8-28)29-9-5-2-6-10-29/h1-2,4-7,10-13,16-21,30,32-34,41H,3,8-9,14-15,22-26H2,(H,39,43)(H,40,44);3-20,33-35,40H,21-26H2,1-2H3,(H,39,43);1-16,31-33,38H,17-26H2,(H,37,41)/b21-18+;20-17+;16-13+/t32-,34-;33-,35-;31-,33-/m000/s1. The summed E-state index contributed by atoms with van der Waals surface area (Å²) in [6, 6.07) is 86.9. The number of aromatic nitrogens is 1. The van der Waals surface area contributed by atoms with Crippen LogP contribution in [-0.4, -0.2) is 200 Å². The van der Waals surface area contributed by atoms with Crippen LogP contribution in [0.2, 0.25) is 15.1 Å². The largest absolute Gasteiger partial charge is 0.379 e. The highest BCUT2D eigenvalue weighted by Gasteiger charge is 2.38. The van der Waals surface area contributed by atoms with E-state index in [0.717, 1.165) is 106 Å². The molecule has 10 aromatic rings. The number of benzene rings is 9. The van der Waals surface area contributed by atoms with E-state index in [0.29, 0.717) is 93.2 Å². The maximum atomic E-state index is 14.2. The van der Waals surface area contributed by atoms with E-state index in [2.05, 4.69) is 194 Å². The first-order chi connectivity index (χ1) is 64.4. The van der Waals surface area contributed by atoms with Gasteiger partial charge < -0.3 is 55.9 Å². The van der Waals surface area contributed by atoms with Crippen LogP contribution in [0.4, 0.5) is 0 Å². The Kier molecular flexibility index (Phi) is 38.2. The molecular weight excluding hydrogens is 1710 g/mol. The molecule has 23 heteroatoms. The summed E-state index contributed by atoms with van der Waals surface area (Å²) >= 11 is 17.9. The minimum absolute atomic E-state index is 0.00286. The van der Waals surface area contributed by atoms with Gasteiger partial charge in [-0.05, 0) is 176 Å². The van der Waals surface area contributed by atoms with Crippen molar-refractivity contribution >= 4 is 94.4 Å². The van der Waals surface area contributed by atoms with E-state index in [1.54, 1.807) is 54.6 Å². The summed E-state index contributed by atoms with van der Waals surface area (Å²) in [5, 5.41) is 24.8. The summed E-state index contributed by atoms with van der Waals surface area (Å²) in [6.45, 7) is 13.9. The predicted octanol–water partition coefficient (Wildman–Crippen LogP) is 16.5. The fourth-order valence-electron chi connectivity index (χ4n) is 18.1. The maximum absolute atomic E-state index is 14.2. The van der Waals surface area contributed by atoms with E-state index < -0.39 is 6.04 Å². The van der Waals surface area contributed by atoms with Crippen molar-refractivity contribution in [3.8, 4) is 0 Å². The topological polar surface area (TPSA) is 231 Å². The fraction of sp³-hybridized carbons (Fsp3) is 0.349. The molecule has 15 rings (SSSR count). The summed E-state index contributed by atoms with van der Waals surface area (Å²) < 4.78 is 7.78. The van der Waals surface area contributed by atoms with Crippen LogP contribution in [0.5, 0.6) is 0 Å². The zero-order chi connectivity index (χ0) is 92.2. The Hall–Kier alpha value is -11.6. The number of hydrogen-bond donors (Lipinski definition) is 7. The SMILES string of the molecule is Cc1ccc(C)n1CC[C@@H]1N[C@H](CNC(=O)/C=C/c2ccc(Cl)cc2)CCN(CC(c2ccccc2)c2ccccc2)C1=O.O=C(/C=C/c1ccc(Cl)cc1)NC[C@@H]1CCN(CC(c2ccccc2)c2ccccc2)C(=O)[C@H](CCN2CCOCC2)N1.O=C(/C=C/c1ccc(Cl)cc1)NC[C@@H]1CCN(CC(c2ccccc2)c2ccccc2)C(=O)[C@H](CNC(=O)C2CCCCC2)N1. The first-order valence-electron chi connectivity index (χ1n) is 46.7. The van der Waals surface area contributed by atoms with Gasteiger partial charge in [0.05, 0.1) is 25.3 Å². The van der Waals surface area contributed by atoms with Gasteiger partial charge in [-0.25, -0.2) is 0 Å². The molecule has 0 radical (unpaired) electrons. The molecule has 4 aliphatic heterocycles. The van der Waals surface area contributed by atoms with Crippen LogP contribution >= 0.6 is 34.8 Å². The fourth-order valence-corrected chi connectivity index (χ4v) is 18.4. The summed E-state index contributed by atoms with van der Waals surface area (Å²) in [6.07, 6.45) is 18.5. The number of hydrogen-bond acceptors (Lipinski definition) is 12. The summed E-state index contributed by atoms with van der Waals surface area (Å²) in [5.74, 6) is -0.166. The quantitative estimate of drug-likeness (QED) is 0.0191. The molecule has 1 aliphatic carbocycles. The third kappa shape index (κ3) is 30.5. The number of halogens is 3. The average Bonchev–Trinajstić information content (AvgIpc) is 1.39. The lowest BCUT2D eigenvalue weighted by atomic mass is 9.88. The van der Waals surface area contributed by atoms with E-state index in [1.807, 2.05) is 112 Å². The number of aryl methyl sites for hydroxylation is 2. The van der Waals surface area contributed by atoms with Gasteiger partial charge in [0.15, 0.2) is 0 Å². The number of rotatable bonds is 33. The summed E-state index contributed by atoms with van der Waals surface area (Å²) in [4.78, 5) is 102. The Labute approximate surface area is 793 Å². The number of carbonyl (C=O) groups excluding carboxylic acids is 7. The molecule has 5 fully saturated rings. The lowest BCUT2D eigenvalue weighted by Crippen LogP contribution is -2.54. The predicted molar refractivity (Wildman–Crippen MR) is 530 cm³/mol. The highest BCUT2D eigenvalue weighted by molar-refractivity contribution is 6.31. The second kappa shape index (κ2) is 51.5. The van der Waals surface area contributed by atoms with Crippen LogP contribution in [0.1, 0.15) is 143 Å². The van der Waals surface area contributed by atoms with Crippen LogP contribution in [0, 0.1) is 19.8 Å². The van der Waals surface area contributed by atoms with Gasteiger partial charge in [-0.2, -0.15) is 0 Å². The monoisotopic (exact) mass is 1830 g/mol. The van der Waals surface area contributed by atoms with E-state index in [4.69, 9.17) is 39.5 Å². The zero-order valence-corrected chi connectivity index (χ0v) is 77.9. The van der Waals surface area contributed by atoms with E-state index >= 15 is 0 Å². The second-order valence-electron chi connectivity index (χ2n) is 34.9. The molecule has 690 valence electrons. The number of nitrogens with one attached hydrogen (secondary N) is 7. The van der Waals surface area contributed by atoms with Gasteiger partial charge in [0.1, 0.15) is 6.04 Å². The van der Waals surface area contributed by atoms with Gasteiger partial charge in [0.2, 0.25) is 41.4 Å². The summed E-state index contributed by atoms with van der Waals surface area (Å²) in [5.41, 5.74) is 12.1. The molecule has 7 amide bonds. The first-order valence-corrected chi connectivity index (χ1v) is 47.8. The Bertz CT molecular complexity index is 5220. The van der Waals surface area contributed by atoms with E-state index in [9.17, 15) is 33.6 Å². The van der Waals surface area contributed by atoms with Crippen molar-refractivity contribution in [2.75, 3.05) is 98.3 Å². The summed E-state index contributed by atoms with van der Waals surface area (Å²) in [7, 11) is 0. The van der Waals surface area contributed by atoms with Crippen LogP contribution in [0.3, 0.4) is 0 Å². The molecule has 0 spiro atoms. The normalized spacial score (nSPS) is 18.9. The molecular formula is C109H125Cl3N12O8. The lowest BCUT2D eigenvalue weighted by Gasteiger charge is -2.31. The third-order valence-electron chi connectivity index (χ3n) is 25.6. The van der Waals surface area contributed by atoms with Crippen molar-refractivity contribution in [1.29, 1.82) is 0 Å². The number of morpholine rings is 1. The average molecular weight is 1840 g/mol. The van der Waals surface area contributed by atoms with Gasteiger partial charge in [-0.1, -0.05) is 272 Å². The lowest BCUT2D eigenvalue weighted by molar-refractivity contribution is -0.134. The van der Waals surface area contributed by atoms with Crippen LogP contribution in [0.15, 0.2) is 285 Å². The maximum Gasteiger partial charge on any atom is 0.244 e. The van der Waals surface area contributed by atoms with Crippen LogP contribution < -0.4 is 37.2 Å². The minimum Gasteiger partial charge on any atom is -0.379 e. The highest BCUT2D eigenvalue weighted by Crippen LogP contribution is 2.32. The molecule has 20 nitrogen and oxygen atoms in total. The van der Waals surface area contributed by atoms with Gasteiger partial charge >= 0.3 is 0 Å². The van der Waals surface area contributed by atoms with Crippen molar-refractivity contribution in [2.24, 2.45) is 5.92 Å². The second-order valence-corrected chi connectivity index (χ2v) is 36.2. The van der Waals surface area contributed by atoms with E-state index in [-0.39, 0.29) is 102 Å². The molecule has 4 saturated heterocycles. The molecule has 6 atom stereocenters. The molecule has 1 aromatic heterocycles. The zero-order valence-electron chi connectivity index (χ0n) is 75.7. The molecule has 132 heavy (non-hydrogen) atoms. The van der Waals surface area contributed by atoms with Gasteiger partial charge in [-0.15, -0.1) is 0 Å². The van der Waals surface area contributed by atoms with Crippen molar-refractivity contribution in [3.05, 3.63) is 362 Å². The number of ether oxygens (including phenoxy) is 1. The number of carbonyl (C=O) groups is 7. The van der Waals surface area contributed by atoms with Gasteiger partial charge in [0, 0.05) is 178 Å². The Balaban J connectivity index is 0.000000168. The molecule has 0 unspecified atom stereocenters. The Morgan fingerprint density at radius 2 is 0.667 bits per heavy atom. The molecule has 9 aromatic carbocycles. The van der Waals surface area contributed by atoms with Gasteiger partial charge in [-0.3, -0.25) is 43.8 Å². The third-order valence-corrected chi connectivity index (χ3v) is 26.4. The van der Waals surface area contributed by atoms with Crippen LogP contribution in [0.25, 0.3) is 18.2 Å². The van der Waals surface area contributed by atoms with E-state index in [1.165, 1.54) is 58.3 Å². The Morgan fingerprint density at radius 1 is 0.364 bits per heavy atom. The molecule has 7 N–H and O–H groups in total. The molecule has 5 aliphatic rings. The van der Waals surface area contributed by atoms with Crippen molar-refractivity contribution in [1.82, 2.24) is 61.4 Å². The van der Waals surface area contributed by atoms with Gasteiger partial charge in [0.25, 0.3) is 0 Å². The van der Waals surface area contributed by atoms with Crippen molar-refractivity contribution in [3.63, 3.8) is 0 Å². The highest BCUT2D eigenvalue weighted by atomic mass is 35.5. The van der Waals surface area contributed by atoms with Crippen LogP contribution in [-0.2, 0) is 44.8 Å². The number of nitrogens with zero attached hydrogens (tertiary/aromatic N) is 5. The number of amides is 7. The van der Waals surface area contributed by atoms with Crippen molar-refractivity contribution < 1.29 is 38.3 Å². The smallest absolute Gasteiger partial charge is 0.244 e. The first kappa shape index (κ1) is 98.0. The molecule has 5 heterocycles.